The molecule has 1 fully saturated rings. The van der Waals surface area contributed by atoms with Crippen molar-refractivity contribution in [3.8, 4) is 0 Å². The minimum Gasteiger partial charge on any atom is -0.367 e. The van der Waals surface area contributed by atoms with Gasteiger partial charge in [0.2, 0.25) is 0 Å². The standard InChI is InChI=1S/C18H19F3N6O/c19-18(20,21)14-5-6-16(23-12-14)27-9-7-26(8-10-27)15-4-2-1-3-13(15)11-24-25-17(22)28/h1-6,11-12H,7-10H2,(H3,22,25,28). The van der Waals surface area contributed by atoms with Crippen LogP contribution < -0.4 is 21.0 Å². The van der Waals surface area contributed by atoms with Gasteiger partial charge in [-0.2, -0.15) is 18.3 Å². The van der Waals surface area contributed by atoms with Crippen LogP contribution in [-0.2, 0) is 6.18 Å². The molecular formula is C18H19F3N6O. The van der Waals surface area contributed by atoms with Gasteiger partial charge < -0.3 is 15.5 Å². The zero-order valence-corrected chi connectivity index (χ0v) is 14.9. The second-order valence-corrected chi connectivity index (χ2v) is 6.17. The molecule has 3 rings (SSSR count). The number of hydrogen-bond acceptors (Lipinski definition) is 5. The second-order valence-electron chi connectivity index (χ2n) is 6.17. The molecule has 1 aromatic heterocycles. The second kappa shape index (κ2) is 8.15. The minimum atomic E-state index is -4.39. The highest BCUT2D eigenvalue weighted by atomic mass is 19.4. The van der Waals surface area contributed by atoms with E-state index in [-0.39, 0.29) is 0 Å². The van der Waals surface area contributed by atoms with Crippen LogP contribution >= 0.6 is 0 Å². The molecule has 1 aliphatic heterocycles. The van der Waals surface area contributed by atoms with Gasteiger partial charge in [0.15, 0.2) is 0 Å². The number of nitrogens with one attached hydrogen (secondary N) is 1. The van der Waals surface area contributed by atoms with Crippen LogP contribution in [0, 0.1) is 0 Å². The Morgan fingerprint density at radius 1 is 1.11 bits per heavy atom. The molecule has 28 heavy (non-hydrogen) atoms. The van der Waals surface area contributed by atoms with Crippen molar-refractivity contribution < 1.29 is 18.0 Å². The van der Waals surface area contributed by atoms with E-state index < -0.39 is 17.8 Å². The van der Waals surface area contributed by atoms with E-state index >= 15 is 0 Å². The highest BCUT2D eigenvalue weighted by Gasteiger charge is 2.31. The molecule has 1 saturated heterocycles. The van der Waals surface area contributed by atoms with E-state index in [9.17, 15) is 18.0 Å². The fourth-order valence-corrected chi connectivity index (χ4v) is 2.97. The zero-order chi connectivity index (χ0) is 20.1. The number of para-hydroxylation sites is 1. The summed E-state index contributed by atoms with van der Waals surface area (Å²) in [6, 6.07) is 9.27. The molecule has 10 heteroatoms. The fraction of sp³-hybridized carbons (Fsp3) is 0.278. The number of rotatable bonds is 4. The molecule has 0 atom stereocenters. The highest BCUT2D eigenvalue weighted by Crippen LogP contribution is 2.29. The monoisotopic (exact) mass is 392 g/mol. The number of halogens is 3. The van der Waals surface area contributed by atoms with E-state index in [1.54, 1.807) is 0 Å². The molecule has 0 aliphatic carbocycles. The topological polar surface area (TPSA) is 86.8 Å². The van der Waals surface area contributed by atoms with Crippen LogP contribution in [0.1, 0.15) is 11.1 Å². The minimum absolute atomic E-state index is 0.521. The number of nitrogens with two attached hydrogens (primary N) is 1. The Bertz CT molecular complexity index is 845. The number of carbonyl (C=O) groups is 1. The highest BCUT2D eigenvalue weighted by molar-refractivity contribution is 5.88. The van der Waals surface area contributed by atoms with Crippen molar-refractivity contribution in [3.63, 3.8) is 0 Å². The van der Waals surface area contributed by atoms with Crippen molar-refractivity contribution in [2.45, 2.75) is 6.18 Å². The third-order valence-corrected chi connectivity index (χ3v) is 4.33. The average Bonchev–Trinajstić information content (AvgIpc) is 2.68. The van der Waals surface area contributed by atoms with Gasteiger partial charge in [0.25, 0.3) is 0 Å². The summed E-state index contributed by atoms with van der Waals surface area (Å²) in [5.74, 6) is 0.521. The van der Waals surface area contributed by atoms with Crippen molar-refractivity contribution in [2.24, 2.45) is 10.8 Å². The van der Waals surface area contributed by atoms with Gasteiger partial charge in [0.05, 0.1) is 11.8 Å². The Balaban J connectivity index is 1.66. The van der Waals surface area contributed by atoms with Crippen LogP contribution in [0.4, 0.5) is 29.5 Å². The lowest BCUT2D eigenvalue weighted by Gasteiger charge is -2.37. The smallest absolute Gasteiger partial charge is 0.367 e. The van der Waals surface area contributed by atoms with Gasteiger partial charge in [-0.1, -0.05) is 18.2 Å². The summed E-state index contributed by atoms with van der Waals surface area (Å²) >= 11 is 0. The first-order valence-electron chi connectivity index (χ1n) is 8.55. The molecule has 0 bridgehead atoms. The number of hydrazone groups is 1. The molecule has 0 radical (unpaired) electrons. The van der Waals surface area contributed by atoms with Crippen molar-refractivity contribution in [3.05, 3.63) is 53.7 Å². The van der Waals surface area contributed by atoms with E-state index in [0.29, 0.717) is 32.0 Å². The number of primary amides is 1. The average molecular weight is 392 g/mol. The Morgan fingerprint density at radius 3 is 2.39 bits per heavy atom. The summed E-state index contributed by atoms with van der Waals surface area (Å²) in [5, 5.41) is 3.80. The van der Waals surface area contributed by atoms with Gasteiger partial charge in [0.1, 0.15) is 5.82 Å². The molecule has 3 N–H and O–H groups in total. The van der Waals surface area contributed by atoms with Crippen molar-refractivity contribution >= 4 is 23.8 Å². The van der Waals surface area contributed by atoms with Gasteiger partial charge in [0, 0.05) is 43.6 Å². The van der Waals surface area contributed by atoms with Gasteiger partial charge in [-0.25, -0.2) is 15.2 Å². The fourth-order valence-electron chi connectivity index (χ4n) is 2.97. The van der Waals surface area contributed by atoms with Crippen molar-refractivity contribution in [2.75, 3.05) is 36.0 Å². The van der Waals surface area contributed by atoms with Crippen LogP contribution in [-0.4, -0.2) is 43.4 Å². The van der Waals surface area contributed by atoms with Gasteiger partial charge in [-0.3, -0.25) is 0 Å². The molecule has 0 spiro atoms. The van der Waals surface area contributed by atoms with E-state index in [0.717, 1.165) is 23.5 Å². The summed E-state index contributed by atoms with van der Waals surface area (Å²) in [6.45, 7) is 2.56. The Labute approximate surface area is 159 Å². The normalized spacial score (nSPS) is 15.1. The molecule has 1 aromatic carbocycles. The lowest BCUT2D eigenvalue weighted by atomic mass is 10.1. The lowest BCUT2D eigenvalue weighted by molar-refractivity contribution is -0.137. The number of carbonyl (C=O) groups excluding carboxylic acids is 1. The number of anilines is 2. The first-order chi connectivity index (χ1) is 13.3. The van der Waals surface area contributed by atoms with Crippen LogP contribution in [0.15, 0.2) is 47.7 Å². The first-order valence-corrected chi connectivity index (χ1v) is 8.55. The third kappa shape index (κ3) is 4.70. The summed E-state index contributed by atoms with van der Waals surface area (Å²) in [6.07, 6.45) is -2.01. The molecule has 0 saturated carbocycles. The zero-order valence-electron chi connectivity index (χ0n) is 14.9. The Hall–Kier alpha value is -3.30. The number of amides is 2. The van der Waals surface area contributed by atoms with Gasteiger partial charge in [-0.15, -0.1) is 0 Å². The molecule has 2 aromatic rings. The van der Waals surface area contributed by atoms with Crippen molar-refractivity contribution in [1.29, 1.82) is 0 Å². The summed E-state index contributed by atoms with van der Waals surface area (Å²) < 4.78 is 38.0. The maximum Gasteiger partial charge on any atom is 0.417 e. The van der Waals surface area contributed by atoms with Crippen LogP contribution in [0.3, 0.4) is 0 Å². The maximum atomic E-state index is 12.7. The molecule has 2 amide bonds. The third-order valence-electron chi connectivity index (χ3n) is 4.33. The first kappa shape index (κ1) is 19.5. The number of hydrogen-bond donors (Lipinski definition) is 2. The van der Waals surface area contributed by atoms with Gasteiger partial charge >= 0.3 is 12.2 Å². The number of alkyl halides is 3. The van der Waals surface area contributed by atoms with E-state index in [1.807, 2.05) is 29.2 Å². The number of benzene rings is 1. The quantitative estimate of drug-likeness (QED) is 0.618. The SMILES string of the molecule is NC(=O)NN=Cc1ccccc1N1CCN(c2ccc(C(F)(F)F)cn2)CC1. The lowest BCUT2D eigenvalue weighted by Crippen LogP contribution is -2.47. The van der Waals surface area contributed by atoms with Crippen LogP contribution in [0.25, 0.3) is 0 Å². The summed E-state index contributed by atoms with van der Waals surface area (Å²) in [7, 11) is 0. The molecule has 0 unspecified atom stereocenters. The van der Waals surface area contributed by atoms with Crippen LogP contribution in [0.2, 0.25) is 0 Å². The predicted molar refractivity (Wildman–Crippen MR) is 100 cm³/mol. The summed E-state index contributed by atoms with van der Waals surface area (Å²) in [4.78, 5) is 18.8. The molecule has 1 aliphatic rings. The van der Waals surface area contributed by atoms with Crippen LogP contribution in [0.5, 0.6) is 0 Å². The molecular weight excluding hydrogens is 373 g/mol. The van der Waals surface area contributed by atoms with Crippen molar-refractivity contribution in [1.82, 2.24) is 10.4 Å². The molecule has 7 nitrogen and oxygen atoms in total. The Kier molecular flexibility index (Phi) is 5.67. The molecule has 2 heterocycles. The number of nitrogens with zero attached hydrogens (tertiary/aromatic N) is 4. The largest absolute Gasteiger partial charge is 0.417 e. The van der Waals surface area contributed by atoms with E-state index in [2.05, 4.69) is 20.4 Å². The Morgan fingerprint density at radius 2 is 1.79 bits per heavy atom. The maximum absolute atomic E-state index is 12.7. The predicted octanol–water partition coefficient (Wildman–Crippen LogP) is 2.43. The molecule has 148 valence electrons. The number of piperazine rings is 1. The number of urea groups is 1. The number of aromatic nitrogens is 1. The summed E-state index contributed by atoms with van der Waals surface area (Å²) in [5.41, 5.74) is 8.16. The van der Waals surface area contributed by atoms with E-state index in [4.69, 9.17) is 5.73 Å². The van der Waals surface area contributed by atoms with Gasteiger partial charge in [-0.05, 0) is 18.2 Å². The number of pyridine rings is 1. The van der Waals surface area contributed by atoms with E-state index in [1.165, 1.54) is 12.3 Å².